The lowest BCUT2D eigenvalue weighted by molar-refractivity contribution is -0.147. The third-order valence-electron chi connectivity index (χ3n) is 4.19. The standard InChI is InChI=1S/C13H22O3/c1-9(2)8-13(11(14)15-4)12(16-13)7-5-6-10(12)3/h9-10H,5-8H2,1-4H3. The van der Waals surface area contributed by atoms with Crippen molar-refractivity contribution in [3.8, 4) is 0 Å². The van der Waals surface area contributed by atoms with Crippen LogP contribution in [-0.4, -0.2) is 24.3 Å². The molecule has 1 saturated heterocycles. The van der Waals surface area contributed by atoms with Gasteiger partial charge in [-0.1, -0.05) is 27.2 Å². The van der Waals surface area contributed by atoms with E-state index in [1.54, 1.807) is 0 Å². The van der Waals surface area contributed by atoms with E-state index in [0.29, 0.717) is 11.8 Å². The Kier molecular flexibility index (Phi) is 2.77. The molecular weight excluding hydrogens is 204 g/mol. The molecule has 3 unspecified atom stereocenters. The molecule has 16 heavy (non-hydrogen) atoms. The summed E-state index contributed by atoms with van der Waals surface area (Å²) in [5, 5.41) is 0. The van der Waals surface area contributed by atoms with E-state index in [9.17, 15) is 4.79 Å². The molecule has 1 aliphatic carbocycles. The topological polar surface area (TPSA) is 38.8 Å². The van der Waals surface area contributed by atoms with E-state index in [1.807, 2.05) is 0 Å². The summed E-state index contributed by atoms with van der Waals surface area (Å²) in [7, 11) is 1.46. The fraction of sp³-hybridized carbons (Fsp3) is 0.923. The first-order chi connectivity index (χ1) is 7.48. The third-order valence-corrected chi connectivity index (χ3v) is 4.19. The Hall–Kier alpha value is -0.570. The van der Waals surface area contributed by atoms with Crippen LogP contribution in [0.1, 0.15) is 46.5 Å². The SMILES string of the molecule is COC(=O)C1(CC(C)C)OC12CCCC2C. The average Bonchev–Trinajstić information content (AvgIpc) is 2.71. The number of ether oxygens (including phenoxy) is 2. The summed E-state index contributed by atoms with van der Waals surface area (Å²) in [6.45, 7) is 6.44. The van der Waals surface area contributed by atoms with Crippen LogP contribution in [0.2, 0.25) is 0 Å². The summed E-state index contributed by atoms with van der Waals surface area (Å²) in [6.07, 6.45) is 4.12. The van der Waals surface area contributed by atoms with Crippen LogP contribution in [0.15, 0.2) is 0 Å². The molecule has 1 saturated carbocycles. The lowest BCUT2D eigenvalue weighted by atomic mass is 9.80. The molecule has 1 aliphatic heterocycles. The van der Waals surface area contributed by atoms with Crippen molar-refractivity contribution >= 4 is 5.97 Å². The summed E-state index contributed by atoms with van der Waals surface area (Å²) >= 11 is 0. The number of hydrogen-bond acceptors (Lipinski definition) is 3. The first-order valence-electron chi connectivity index (χ1n) is 6.27. The monoisotopic (exact) mass is 226 g/mol. The molecule has 0 aromatic heterocycles. The summed E-state index contributed by atoms with van der Waals surface area (Å²) < 4.78 is 10.9. The Morgan fingerprint density at radius 3 is 2.69 bits per heavy atom. The summed E-state index contributed by atoms with van der Waals surface area (Å²) in [5.74, 6) is 0.756. The Morgan fingerprint density at radius 1 is 1.56 bits per heavy atom. The minimum atomic E-state index is -0.633. The van der Waals surface area contributed by atoms with Gasteiger partial charge < -0.3 is 9.47 Å². The predicted octanol–water partition coefficient (Wildman–Crippen LogP) is 2.53. The zero-order valence-corrected chi connectivity index (χ0v) is 10.7. The smallest absolute Gasteiger partial charge is 0.341 e. The molecule has 1 heterocycles. The number of hydrogen-bond donors (Lipinski definition) is 0. The molecule has 3 nitrogen and oxygen atoms in total. The van der Waals surface area contributed by atoms with E-state index in [1.165, 1.54) is 7.11 Å². The van der Waals surface area contributed by atoms with E-state index >= 15 is 0 Å². The molecule has 0 aromatic carbocycles. The fourth-order valence-electron chi connectivity index (χ4n) is 3.44. The van der Waals surface area contributed by atoms with E-state index in [2.05, 4.69) is 20.8 Å². The van der Waals surface area contributed by atoms with Crippen LogP contribution in [0, 0.1) is 11.8 Å². The van der Waals surface area contributed by atoms with E-state index in [-0.39, 0.29) is 11.6 Å². The number of methoxy groups -OCH3 is 1. The molecule has 92 valence electrons. The van der Waals surface area contributed by atoms with Crippen molar-refractivity contribution in [1.82, 2.24) is 0 Å². The van der Waals surface area contributed by atoms with Gasteiger partial charge in [-0.15, -0.1) is 0 Å². The van der Waals surface area contributed by atoms with Crippen molar-refractivity contribution in [3.63, 3.8) is 0 Å². The zero-order valence-electron chi connectivity index (χ0n) is 10.7. The second kappa shape index (κ2) is 3.73. The maximum atomic E-state index is 12.0. The largest absolute Gasteiger partial charge is 0.467 e. The van der Waals surface area contributed by atoms with Crippen LogP contribution in [0.5, 0.6) is 0 Å². The summed E-state index contributed by atoms with van der Waals surface area (Å²) in [6, 6.07) is 0. The number of carbonyl (C=O) groups excluding carboxylic acids is 1. The number of carbonyl (C=O) groups is 1. The minimum Gasteiger partial charge on any atom is -0.467 e. The van der Waals surface area contributed by atoms with Crippen LogP contribution >= 0.6 is 0 Å². The number of esters is 1. The number of epoxide rings is 1. The van der Waals surface area contributed by atoms with Crippen LogP contribution < -0.4 is 0 Å². The zero-order chi connectivity index (χ0) is 12.0. The normalized spacial score (nSPS) is 41.7. The molecular formula is C13H22O3. The summed E-state index contributed by atoms with van der Waals surface area (Å²) in [4.78, 5) is 12.0. The first kappa shape index (κ1) is 11.9. The van der Waals surface area contributed by atoms with Gasteiger partial charge in [-0.3, -0.25) is 0 Å². The quantitative estimate of drug-likeness (QED) is 0.548. The maximum absolute atomic E-state index is 12.0. The van der Waals surface area contributed by atoms with Gasteiger partial charge in [0.25, 0.3) is 0 Å². The maximum Gasteiger partial charge on any atom is 0.341 e. The second-order valence-electron chi connectivity index (χ2n) is 5.70. The highest BCUT2D eigenvalue weighted by molar-refractivity contribution is 5.85. The van der Waals surface area contributed by atoms with Gasteiger partial charge in [-0.25, -0.2) is 4.79 Å². The van der Waals surface area contributed by atoms with Gasteiger partial charge >= 0.3 is 5.97 Å². The Labute approximate surface area is 97.5 Å². The van der Waals surface area contributed by atoms with Crippen LogP contribution in [-0.2, 0) is 14.3 Å². The molecule has 0 amide bonds. The molecule has 2 fully saturated rings. The van der Waals surface area contributed by atoms with E-state index in [0.717, 1.165) is 25.7 Å². The highest BCUT2D eigenvalue weighted by atomic mass is 16.7. The lowest BCUT2D eigenvalue weighted by Crippen LogP contribution is -2.38. The lowest BCUT2D eigenvalue weighted by Gasteiger charge is -2.19. The highest BCUT2D eigenvalue weighted by Gasteiger charge is 2.77. The van der Waals surface area contributed by atoms with Gasteiger partial charge in [0.15, 0.2) is 5.60 Å². The van der Waals surface area contributed by atoms with Gasteiger partial charge in [0.05, 0.1) is 7.11 Å². The molecule has 1 spiro atoms. The van der Waals surface area contributed by atoms with Crippen LogP contribution in [0.3, 0.4) is 0 Å². The van der Waals surface area contributed by atoms with Crippen molar-refractivity contribution in [2.75, 3.05) is 7.11 Å². The third kappa shape index (κ3) is 1.41. The van der Waals surface area contributed by atoms with Crippen molar-refractivity contribution in [3.05, 3.63) is 0 Å². The molecule has 3 heteroatoms. The molecule has 0 radical (unpaired) electrons. The van der Waals surface area contributed by atoms with Gasteiger partial charge in [0.1, 0.15) is 5.60 Å². The van der Waals surface area contributed by atoms with Crippen molar-refractivity contribution < 1.29 is 14.3 Å². The van der Waals surface area contributed by atoms with Crippen molar-refractivity contribution in [2.45, 2.75) is 57.7 Å². The molecule has 3 atom stereocenters. The molecule has 0 N–H and O–H groups in total. The van der Waals surface area contributed by atoms with Gasteiger partial charge in [-0.05, 0) is 31.1 Å². The Morgan fingerprint density at radius 2 is 2.25 bits per heavy atom. The Balaban J connectivity index is 2.23. The molecule has 0 aromatic rings. The van der Waals surface area contributed by atoms with Crippen molar-refractivity contribution in [2.24, 2.45) is 11.8 Å². The van der Waals surface area contributed by atoms with E-state index < -0.39 is 5.60 Å². The summed E-state index contributed by atoms with van der Waals surface area (Å²) in [5.41, 5.74) is -0.837. The molecule has 0 bridgehead atoms. The molecule has 2 aliphatic rings. The van der Waals surface area contributed by atoms with E-state index in [4.69, 9.17) is 9.47 Å². The van der Waals surface area contributed by atoms with Gasteiger partial charge in [0.2, 0.25) is 0 Å². The van der Waals surface area contributed by atoms with Crippen LogP contribution in [0.4, 0.5) is 0 Å². The predicted molar refractivity (Wildman–Crippen MR) is 61.0 cm³/mol. The van der Waals surface area contributed by atoms with Gasteiger partial charge in [0, 0.05) is 0 Å². The Bertz CT molecular complexity index is 300. The number of rotatable bonds is 3. The highest BCUT2D eigenvalue weighted by Crippen LogP contribution is 2.63. The van der Waals surface area contributed by atoms with Crippen molar-refractivity contribution in [1.29, 1.82) is 0 Å². The first-order valence-corrected chi connectivity index (χ1v) is 6.27. The van der Waals surface area contributed by atoms with Gasteiger partial charge in [-0.2, -0.15) is 0 Å². The fourth-order valence-corrected chi connectivity index (χ4v) is 3.44. The second-order valence-corrected chi connectivity index (χ2v) is 5.70. The minimum absolute atomic E-state index is 0.171. The average molecular weight is 226 g/mol. The molecule has 2 rings (SSSR count). The van der Waals surface area contributed by atoms with Crippen LogP contribution in [0.25, 0.3) is 0 Å².